The molecule has 0 N–H and O–H groups in total. The fourth-order valence-corrected chi connectivity index (χ4v) is 0.836. The minimum atomic E-state index is -4.16. The van der Waals surface area contributed by atoms with E-state index in [0.717, 1.165) is 0 Å². The number of ether oxygens (including phenoxy) is 2. The Kier molecular flexibility index (Phi) is 6.95. The highest BCUT2D eigenvalue weighted by atomic mass is 32.2. The van der Waals surface area contributed by atoms with E-state index < -0.39 is 41.9 Å². The molecule has 0 saturated carbocycles. The molecule has 0 saturated heterocycles. The minimum absolute atomic E-state index is 0.465. The molecule has 0 bridgehead atoms. The van der Waals surface area contributed by atoms with Gasteiger partial charge in [0.05, 0.1) is 6.10 Å². The van der Waals surface area contributed by atoms with Crippen molar-refractivity contribution in [2.24, 2.45) is 0 Å². The summed E-state index contributed by atoms with van der Waals surface area (Å²) in [7, 11) is 0. The molecule has 0 unspecified atom stereocenters. The van der Waals surface area contributed by atoms with Crippen LogP contribution in [0.25, 0.3) is 0 Å². The molecule has 0 spiro atoms. The summed E-state index contributed by atoms with van der Waals surface area (Å²) < 4.78 is 37.2. The number of hydrogen-bond donors (Lipinski definition) is 0. The van der Waals surface area contributed by atoms with Gasteiger partial charge in [0, 0.05) is 0 Å². The second-order valence-corrected chi connectivity index (χ2v) is 3.67. The zero-order valence-electron chi connectivity index (χ0n) is 8.81. The van der Waals surface area contributed by atoms with Gasteiger partial charge in [0.2, 0.25) is 0 Å². The quantitative estimate of drug-likeness (QED) is 0.276. The van der Waals surface area contributed by atoms with E-state index in [1.54, 1.807) is 0 Å². The maximum atomic E-state index is 12.7. The number of esters is 2. The molecule has 0 aliphatic rings. The van der Waals surface area contributed by atoms with Gasteiger partial charge in [-0.2, -0.15) is 13.1 Å². The molecule has 0 fully saturated rings. The van der Waals surface area contributed by atoms with Crippen LogP contribution >= 0.6 is 12.0 Å². The lowest BCUT2D eigenvalue weighted by Crippen LogP contribution is -2.30. The molecule has 0 atom stereocenters. The van der Waals surface area contributed by atoms with Crippen LogP contribution in [0.2, 0.25) is 0 Å². The summed E-state index contributed by atoms with van der Waals surface area (Å²) in [5.41, 5.74) is 0. The van der Waals surface area contributed by atoms with Crippen molar-refractivity contribution in [1.29, 1.82) is 0 Å². The first-order valence-corrected chi connectivity index (χ1v) is 4.92. The Bertz CT molecular complexity index is 271. The Hall–Kier alpha value is -0.970. The SMILES string of the molecule is CC(C)OC(=O)COC(=O)C(F)(F)SOO[O-]. The van der Waals surface area contributed by atoms with E-state index in [2.05, 4.69) is 18.8 Å². The van der Waals surface area contributed by atoms with Gasteiger partial charge in [-0.15, -0.1) is 0 Å². The van der Waals surface area contributed by atoms with Crippen molar-refractivity contribution in [2.45, 2.75) is 25.2 Å². The van der Waals surface area contributed by atoms with E-state index in [-0.39, 0.29) is 0 Å². The van der Waals surface area contributed by atoms with E-state index >= 15 is 0 Å². The number of alkyl halides is 2. The molecule has 0 amide bonds. The van der Waals surface area contributed by atoms with Gasteiger partial charge >= 0.3 is 17.2 Å². The first kappa shape index (κ1) is 16.0. The zero-order chi connectivity index (χ0) is 13.5. The van der Waals surface area contributed by atoms with Crippen molar-refractivity contribution in [3.63, 3.8) is 0 Å². The van der Waals surface area contributed by atoms with E-state index in [1.165, 1.54) is 13.8 Å². The van der Waals surface area contributed by atoms with Gasteiger partial charge in [-0.05, 0) is 13.8 Å². The normalized spacial score (nSPS) is 11.4. The first-order valence-electron chi connectivity index (χ1n) is 4.18. The molecule has 17 heavy (non-hydrogen) atoms. The predicted molar refractivity (Wildman–Crippen MR) is 46.9 cm³/mol. The van der Waals surface area contributed by atoms with Crippen molar-refractivity contribution in [3.8, 4) is 0 Å². The Morgan fingerprint density at radius 3 is 2.47 bits per heavy atom. The van der Waals surface area contributed by atoms with Crippen LogP contribution in [0.15, 0.2) is 0 Å². The summed E-state index contributed by atoms with van der Waals surface area (Å²) in [5, 5.41) is 7.76. The van der Waals surface area contributed by atoms with Crippen LogP contribution in [0, 0.1) is 0 Å². The molecule has 100 valence electrons. The van der Waals surface area contributed by atoms with Gasteiger partial charge in [-0.25, -0.2) is 9.59 Å². The monoisotopic (exact) mass is 275 g/mol. The van der Waals surface area contributed by atoms with Crippen LogP contribution < -0.4 is 5.26 Å². The molecule has 0 aliphatic heterocycles. The van der Waals surface area contributed by atoms with E-state index in [4.69, 9.17) is 0 Å². The zero-order valence-corrected chi connectivity index (χ0v) is 9.62. The molecule has 0 heterocycles. The lowest BCUT2D eigenvalue weighted by molar-refractivity contribution is -0.777. The average molecular weight is 275 g/mol. The summed E-state index contributed by atoms with van der Waals surface area (Å²) in [6.45, 7) is 2.10. The van der Waals surface area contributed by atoms with Gasteiger partial charge in [0.1, 0.15) is 12.0 Å². The third kappa shape index (κ3) is 7.05. The van der Waals surface area contributed by atoms with E-state index in [1.807, 2.05) is 0 Å². The Morgan fingerprint density at radius 2 is 2.00 bits per heavy atom. The number of hydrogen-bond acceptors (Lipinski definition) is 8. The Balaban J connectivity index is 4.04. The largest absolute Gasteiger partial charge is 0.691 e. The van der Waals surface area contributed by atoms with E-state index in [9.17, 15) is 23.6 Å². The molecule has 0 aromatic heterocycles. The van der Waals surface area contributed by atoms with Crippen LogP contribution in [0.1, 0.15) is 13.8 Å². The van der Waals surface area contributed by atoms with Crippen molar-refractivity contribution in [3.05, 3.63) is 0 Å². The van der Waals surface area contributed by atoms with E-state index in [0.29, 0.717) is 0 Å². The summed E-state index contributed by atoms with van der Waals surface area (Å²) in [4.78, 5) is 21.6. The summed E-state index contributed by atoms with van der Waals surface area (Å²) in [6, 6.07) is 0. The standard InChI is InChI=1S/C7H10F2O7S/c1-4(2)14-5(10)3-13-6(11)7(8,9)17-16-15-12/h4,12H,3H2,1-2H3/p-1. The van der Waals surface area contributed by atoms with Crippen molar-refractivity contribution in [1.82, 2.24) is 0 Å². The summed E-state index contributed by atoms with van der Waals surface area (Å²) in [6.07, 6.45) is -0.465. The number of carbonyl (C=O) groups excluding carboxylic acids is 2. The molecule has 0 aromatic rings. The highest BCUT2D eigenvalue weighted by Gasteiger charge is 2.44. The fourth-order valence-electron chi connectivity index (χ4n) is 0.596. The molecule has 0 radical (unpaired) electrons. The smallest absolute Gasteiger partial charge is 0.415 e. The molecule has 0 aliphatic carbocycles. The van der Waals surface area contributed by atoms with Crippen molar-refractivity contribution in [2.75, 3.05) is 6.61 Å². The van der Waals surface area contributed by atoms with Gasteiger partial charge in [-0.1, -0.05) is 0 Å². The summed E-state index contributed by atoms with van der Waals surface area (Å²) in [5.74, 6) is -3.03. The van der Waals surface area contributed by atoms with Crippen LogP contribution in [-0.2, 0) is 28.4 Å². The van der Waals surface area contributed by atoms with Gasteiger partial charge in [-0.3, -0.25) is 5.04 Å². The second-order valence-electron chi connectivity index (χ2n) is 2.85. The first-order chi connectivity index (χ1) is 7.79. The topological polar surface area (TPSA) is 94.1 Å². The average Bonchev–Trinajstić information content (AvgIpc) is 2.22. The third-order valence-corrected chi connectivity index (χ3v) is 1.59. The minimum Gasteiger partial charge on any atom is -0.691 e. The molecule has 7 nitrogen and oxygen atoms in total. The molecule has 0 rings (SSSR count). The van der Waals surface area contributed by atoms with Crippen LogP contribution in [0.3, 0.4) is 0 Å². The van der Waals surface area contributed by atoms with Crippen molar-refractivity contribution < 1.29 is 42.5 Å². The molecular weight excluding hydrogens is 266 g/mol. The second kappa shape index (κ2) is 7.37. The highest BCUT2D eigenvalue weighted by molar-refractivity contribution is 7.96. The lowest BCUT2D eigenvalue weighted by atomic mass is 10.5. The van der Waals surface area contributed by atoms with Crippen LogP contribution in [0.4, 0.5) is 8.78 Å². The predicted octanol–water partition coefficient (Wildman–Crippen LogP) is -0.0543. The number of carbonyl (C=O) groups is 2. The molecule has 0 aromatic carbocycles. The lowest BCUT2D eigenvalue weighted by Gasteiger charge is -2.14. The Morgan fingerprint density at radius 1 is 1.41 bits per heavy atom. The number of halogens is 2. The van der Waals surface area contributed by atoms with Crippen LogP contribution in [-0.4, -0.2) is 29.9 Å². The number of rotatable bonds is 7. The molecular formula is C7H9F2O7S-. The van der Waals surface area contributed by atoms with Crippen LogP contribution in [0.5, 0.6) is 0 Å². The summed E-state index contributed by atoms with van der Waals surface area (Å²) >= 11 is -0.842. The maximum absolute atomic E-state index is 12.7. The van der Waals surface area contributed by atoms with Gasteiger partial charge in [0.15, 0.2) is 6.61 Å². The fraction of sp³-hybridized carbons (Fsp3) is 0.714. The van der Waals surface area contributed by atoms with Crippen molar-refractivity contribution >= 4 is 24.0 Å². The Labute approximate surface area is 99.0 Å². The third-order valence-electron chi connectivity index (χ3n) is 1.09. The molecule has 10 heteroatoms. The maximum Gasteiger partial charge on any atom is 0.415 e. The van der Waals surface area contributed by atoms with Gasteiger partial charge in [0.25, 0.3) is 0 Å². The van der Waals surface area contributed by atoms with Gasteiger partial charge < -0.3 is 14.7 Å². The highest BCUT2D eigenvalue weighted by Crippen LogP contribution is 2.30.